The highest BCUT2D eigenvalue weighted by molar-refractivity contribution is 5.79. The van der Waals surface area contributed by atoms with Gasteiger partial charge in [-0.1, -0.05) is 24.3 Å². The molecular weight excluding hydrogens is 316 g/mol. The number of Topliss-reactive ketones (excluding diaryl/α,β-unsaturated/α-hetero) is 1. The fourth-order valence-electron chi connectivity index (χ4n) is 4.45. The number of hydrogen-bond acceptors (Lipinski definition) is 1. The molecule has 1 nitrogen and oxygen atoms in total. The molecule has 0 unspecified atom stereocenters. The Hall–Kier alpha value is -1.89. The molecule has 0 amide bonds. The van der Waals surface area contributed by atoms with E-state index in [4.69, 9.17) is 0 Å². The van der Waals surface area contributed by atoms with Crippen molar-refractivity contribution in [3.63, 3.8) is 0 Å². The molecule has 1 aliphatic rings. The van der Waals surface area contributed by atoms with Gasteiger partial charge in [0.15, 0.2) is 0 Å². The molecule has 2 aromatic carbocycles. The lowest BCUT2D eigenvalue weighted by atomic mass is 9.83. The number of rotatable bonds is 4. The third-order valence-electron chi connectivity index (χ3n) is 6.81. The Kier molecular flexibility index (Phi) is 5.65. The van der Waals surface area contributed by atoms with Gasteiger partial charge in [-0.05, 0) is 111 Å². The molecular formula is C25H32O. The standard InChI is InChI=1S/C25H32O/c1-16-17(2)19(4)25(20(5)18(16)3)15-8-21-6-9-22(10-7-21)23-11-13-24(26)14-12-23/h6-7,9-10,23H,8,11-15H2,1-5H3. The van der Waals surface area contributed by atoms with Gasteiger partial charge in [-0.15, -0.1) is 0 Å². The molecule has 0 saturated heterocycles. The fraction of sp³-hybridized carbons (Fsp3) is 0.480. The summed E-state index contributed by atoms with van der Waals surface area (Å²) in [6.45, 7) is 11.3. The van der Waals surface area contributed by atoms with Crippen molar-refractivity contribution in [1.29, 1.82) is 0 Å². The lowest BCUT2D eigenvalue weighted by Crippen LogP contribution is -2.12. The van der Waals surface area contributed by atoms with E-state index in [9.17, 15) is 4.79 Å². The molecule has 0 N–H and O–H groups in total. The van der Waals surface area contributed by atoms with Gasteiger partial charge in [-0.2, -0.15) is 0 Å². The predicted octanol–water partition coefficient (Wildman–Crippen LogP) is 6.24. The molecule has 26 heavy (non-hydrogen) atoms. The number of carbonyl (C=O) groups excluding carboxylic acids is 1. The smallest absolute Gasteiger partial charge is 0.132 e. The molecule has 2 aromatic rings. The third-order valence-corrected chi connectivity index (χ3v) is 6.81. The molecule has 0 spiro atoms. The van der Waals surface area contributed by atoms with Crippen LogP contribution in [0.25, 0.3) is 0 Å². The fourth-order valence-corrected chi connectivity index (χ4v) is 4.45. The van der Waals surface area contributed by atoms with Crippen molar-refractivity contribution in [3.8, 4) is 0 Å². The Morgan fingerprint density at radius 2 is 1.23 bits per heavy atom. The molecule has 0 heterocycles. The molecule has 1 saturated carbocycles. The van der Waals surface area contributed by atoms with Crippen molar-refractivity contribution in [3.05, 3.63) is 68.8 Å². The monoisotopic (exact) mass is 348 g/mol. The van der Waals surface area contributed by atoms with E-state index in [0.717, 1.165) is 38.5 Å². The van der Waals surface area contributed by atoms with Crippen molar-refractivity contribution >= 4 is 5.78 Å². The van der Waals surface area contributed by atoms with Gasteiger partial charge in [0.1, 0.15) is 5.78 Å². The van der Waals surface area contributed by atoms with Crippen molar-refractivity contribution in [2.75, 3.05) is 0 Å². The zero-order valence-electron chi connectivity index (χ0n) is 17.0. The molecule has 3 rings (SSSR count). The third kappa shape index (κ3) is 3.77. The van der Waals surface area contributed by atoms with Crippen molar-refractivity contribution in [2.45, 2.75) is 79.1 Å². The summed E-state index contributed by atoms with van der Waals surface area (Å²) in [7, 11) is 0. The van der Waals surface area contributed by atoms with Gasteiger partial charge < -0.3 is 0 Å². The van der Waals surface area contributed by atoms with E-state index in [1.807, 2.05) is 0 Å². The van der Waals surface area contributed by atoms with E-state index >= 15 is 0 Å². The number of carbonyl (C=O) groups is 1. The van der Waals surface area contributed by atoms with E-state index < -0.39 is 0 Å². The summed E-state index contributed by atoms with van der Waals surface area (Å²) in [6, 6.07) is 9.18. The van der Waals surface area contributed by atoms with Gasteiger partial charge in [0.25, 0.3) is 0 Å². The Morgan fingerprint density at radius 3 is 1.77 bits per heavy atom. The summed E-state index contributed by atoms with van der Waals surface area (Å²) in [5.41, 5.74) is 11.6. The molecule has 0 aromatic heterocycles. The van der Waals surface area contributed by atoms with Crippen LogP contribution in [0, 0.1) is 34.6 Å². The second kappa shape index (κ2) is 7.78. The van der Waals surface area contributed by atoms with Crippen LogP contribution in [0.1, 0.15) is 76.1 Å². The van der Waals surface area contributed by atoms with E-state index in [1.165, 1.54) is 44.5 Å². The van der Waals surface area contributed by atoms with Crippen LogP contribution in [0.2, 0.25) is 0 Å². The summed E-state index contributed by atoms with van der Waals surface area (Å²) in [6.07, 6.45) is 5.77. The highest BCUT2D eigenvalue weighted by atomic mass is 16.1. The van der Waals surface area contributed by atoms with Crippen LogP contribution in [0.3, 0.4) is 0 Å². The van der Waals surface area contributed by atoms with Gasteiger partial charge in [0.05, 0.1) is 0 Å². The van der Waals surface area contributed by atoms with Gasteiger partial charge in [0, 0.05) is 12.8 Å². The molecule has 0 radical (unpaired) electrons. The van der Waals surface area contributed by atoms with E-state index in [0.29, 0.717) is 11.7 Å². The number of hydrogen-bond donors (Lipinski definition) is 0. The average Bonchev–Trinajstić information content (AvgIpc) is 2.66. The first-order valence-electron chi connectivity index (χ1n) is 10.0. The van der Waals surface area contributed by atoms with Crippen molar-refractivity contribution in [2.24, 2.45) is 0 Å². The SMILES string of the molecule is Cc1c(C)c(C)c(CCc2ccc(C3CCC(=O)CC3)cc2)c(C)c1C. The highest BCUT2D eigenvalue weighted by Crippen LogP contribution is 2.31. The predicted molar refractivity (Wildman–Crippen MR) is 110 cm³/mol. The second-order valence-electron chi connectivity index (χ2n) is 8.16. The minimum atomic E-state index is 0.437. The normalized spacial score (nSPS) is 15.5. The van der Waals surface area contributed by atoms with Crippen LogP contribution in [0.4, 0.5) is 0 Å². The summed E-state index contributed by atoms with van der Waals surface area (Å²) in [5, 5.41) is 0. The van der Waals surface area contributed by atoms with Crippen LogP contribution in [-0.4, -0.2) is 5.78 Å². The van der Waals surface area contributed by atoms with Crippen LogP contribution in [0.5, 0.6) is 0 Å². The molecule has 0 aliphatic heterocycles. The highest BCUT2D eigenvalue weighted by Gasteiger charge is 2.20. The van der Waals surface area contributed by atoms with Crippen LogP contribution in [0.15, 0.2) is 24.3 Å². The zero-order chi connectivity index (χ0) is 18.8. The molecule has 0 bridgehead atoms. The van der Waals surface area contributed by atoms with Crippen molar-refractivity contribution in [1.82, 2.24) is 0 Å². The minimum absolute atomic E-state index is 0.437. The largest absolute Gasteiger partial charge is 0.300 e. The molecule has 138 valence electrons. The van der Waals surface area contributed by atoms with Crippen molar-refractivity contribution < 1.29 is 4.79 Å². The van der Waals surface area contributed by atoms with E-state index in [-0.39, 0.29) is 0 Å². The summed E-state index contributed by atoms with van der Waals surface area (Å²) >= 11 is 0. The van der Waals surface area contributed by atoms with Gasteiger partial charge in [0.2, 0.25) is 0 Å². The van der Waals surface area contributed by atoms with Gasteiger partial charge in [-0.3, -0.25) is 4.79 Å². The average molecular weight is 349 g/mol. The number of benzene rings is 2. The zero-order valence-corrected chi connectivity index (χ0v) is 17.0. The quantitative estimate of drug-likeness (QED) is 0.639. The van der Waals surface area contributed by atoms with Crippen LogP contribution in [-0.2, 0) is 17.6 Å². The van der Waals surface area contributed by atoms with Crippen LogP contribution < -0.4 is 0 Å². The Balaban J connectivity index is 1.70. The Morgan fingerprint density at radius 1 is 0.731 bits per heavy atom. The maximum absolute atomic E-state index is 11.4. The van der Waals surface area contributed by atoms with Gasteiger partial charge in [-0.25, -0.2) is 0 Å². The van der Waals surface area contributed by atoms with Gasteiger partial charge >= 0.3 is 0 Å². The first-order chi connectivity index (χ1) is 12.4. The topological polar surface area (TPSA) is 17.1 Å². The molecule has 1 aliphatic carbocycles. The summed E-state index contributed by atoms with van der Waals surface area (Å²) in [5.74, 6) is 1.01. The first-order valence-corrected chi connectivity index (χ1v) is 10.0. The number of aryl methyl sites for hydroxylation is 1. The lowest BCUT2D eigenvalue weighted by molar-refractivity contribution is -0.120. The van der Waals surface area contributed by atoms with E-state index in [1.54, 1.807) is 0 Å². The Bertz CT molecular complexity index is 772. The maximum Gasteiger partial charge on any atom is 0.132 e. The molecule has 0 atom stereocenters. The lowest BCUT2D eigenvalue weighted by Gasteiger charge is -2.21. The Labute approximate surface area is 158 Å². The van der Waals surface area contributed by atoms with E-state index in [2.05, 4.69) is 58.9 Å². The molecule has 1 heteroatoms. The molecule has 1 fully saturated rings. The summed E-state index contributed by atoms with van der Waals surface area (Å²) < 4.78 is 0. The number of ketones is 1. The first kappa shape index (κ1) is 18.9. The minimum Gasteiger partial charge on any atom is -0.300 e. The second-order valence-corrected chi connectivity index (χ2v) is 8.16. The summed E-state index contributed by atoms with van der Waals surface area (Å²) in [4.78, 5) is 11.4. The maximum atomic E-state index is 11.4. The van der Waals surface area contributed by atoms with Crippen LogP contribution >= 0.6 is 0 Å².